The molecule has 136 valence electrons. The number of rotatable bonds is 8. The average molecular weight is 337 g/mol. The number of aromatic nitrogens is 1. The summed E-state index contributed by atoms with van der Waals surface area (Å²) in [6.45, 7) is 13.8. The fourth-order valence-corrected chi connectivity index (χ4v) is 2.82. The fourth-order valence-electron chi connectivity index (χ4n) is 2.82. The van der Waals surface area contributed by atoms with Gasteiger partial charge in [-0.15, -0.1) is 0 Å². The van der Waals surface area contributed by atoms with Crippen LogP contribution in [-0.2, 0) is 11.3 Å². The summed E-state index contributed by atoms with van der Waals surface area (Å²) >= 11 is 0. The zero-order valence-corrected chi connectivity index (χ0v) is 15.8. The molecule has 0 radical (unpaired) electrons. The first-order valence-corrected chi connectivity index (χ1v) is 8.66. The molecule has 0 aliphatic carbocycles. The first-order valence-electron chi connectivity index (χ1n) is 8.66. The molecular weight excluding hydrogens is 306 g/mol. The molecule has 0 fully saturated rings. The van der Waals surface area contributed by atoms with Gasteiger partial charge in [-0.05, 0) is 31.6 Å². The number of nitrogens with one attached hydrogen (secondary N) is 1. The van der Waals surface area contributed by atoms with Gasteiger partial charge < -0.3 is 14.6 Å². The van der Waals surface area contributed by atoms with E-state index in [1.54, 1.807) is 4.90 Å². The van der Waals surface area contributed by atoms with E-state index in [1.165, 1.54) is 6.26 Å². The van der Waals surface area contributed by atoms with Crippen molar-refractivity contribution in [2.45, 2.75) is 60.9 Å². The first kappa shape index (κ1) is 20.2. The van der Waals surface area contributed by atoms with E-state index in [4.69, 9.17) is 4.42 Å². The van der Waals surface area contributed by atoms with E-state index < -0.39 is 0 Å². The Morgan fingerprint density at radius 2 is 2.00 bits per heavy atom. The molecule has 0 aliphatic heterocycles. The molecule has 1 rings (SSSR count). The van der Waals surface area contributed by atoms with Crippen LogP contribution in [0.25, 0.3) is 0 Å². The van der Waals surface area contributed by atoms with Gasteiger partial charge in [-0.2, -0.15) is 0 Å². The highest BCUT2D eigenvalue weighted by atomic mass is 16.3. The number of hydrogen-bond donors (Lipinski definition) is 1. The molecule has 0 aliphatic rings. The Morgan fingerprint density at radius 1 is 1.33 bits per heavy atom. The second kappa shape index (κ2) is 8.85. The summed E-state index contributed by atoms with van der Waals surface area (Å²) < 4.78 is 5.33. The van der Waals surface area contributed by atoms with Gasteiger partial charge in [-0.1, -0.05) is 27.7 Å². The fraction of sp³-hybridized carbons (Fsp3) is 0.722. The summed E-state index contributed by atoms with van der Waals surface area (Å²) in [6.07, 6.45) is 2.84. The lowest BCUT2D eigenvalue weighted by molar-refractivity contribution is -0.133. The smallest absolute Gasteiger partial charge is 0.273 e. The lowest BCUT2D eigenvalue weighted by Crippen LogP contribution is -2.32. The van der Waals surface area contributed by atoms with E-state index in [1.807, 2.05) is 13.8 Å². The van der Waals surface area contributed by atoms with E-state index in [0.717, 1.165) is 6.42 Å². The molecule has 24 heavy (non-hydrogen) atoms. The van der Waals surface area contributed by atoms with E-state index in [0.29, 0.717) is 31.3 Å². The van der Waals surface area contributed by atoms with Crippen molar-refractivity contribution in [2.24, 2.45) is 11.3 Å². The van der Waals surface area contributed by atoms with Gasteiger partial charge in [0.15, 0.2) is 5.69 Å². The highest BCUT2D eigenvalue weighted by Crippen LogP contribution is 2.26. The number of nitrogens with zero attached hydrogens (tertiary/aromatic N) is 2. The lowest BCUT2D eigenvalue weighted by atomic mass is 9.84. The standard InChI is InChI=1S/C18H31N3O3/c1-7-19-17(23)14-12-24-15(20-14)11-21(8-2)16(22)9-13(3)10-18(4,5)6/h12-13H,7-11H2,1-6H3,(H,19,23)/t13-/m0/s1. The zero-order chi connectivity index (χ0) is 18.3. The predicted octanol–water partition coefficient (Wildman–Crippen LogP) is 3.24. The minimum Gasteiger partial charge on any atom is -0.446 e. The molecule has 1 atom stereocenters. The minimum atomic E-state index is -0.263. The number of oxazole rings is 1. The zero-order valence-electron chi connectivity index (χ0n) is 15.8. The number of amides is 2. The Labute approximate surface area is 145 Å². The maximum Gasteiger partial charge on any atom is 0.273 e. The molecule has 6 heteroatoms. The summed E-state index contributed by atoms with van der Waals surface area (Å²) in [5.41, 5.74) is 0.456. The summed E-state index contributed by atoms with van der Waals surface area (Å²) in [5, 5.41) is 2.67. The summed E-state index contributed by atoms with van der Waals surface area (Å²) in [7, 11) is 0. The highest BCUT2D eigenvalue weighted by Gasteiger charge is 2.22. The third-order valence-electron chi connectivity index (χ3n) is 3.67. The van der Waals surface area contributed by atoms with Gasteiger partial charge in [0, 0.05) is 19.5 Å². The molecule has 1 N–H and O–H groups in total. The molecule has 0 saturated carbocycles. The van der Waals surface area contributed by atoms with Crippen LogP contribution in [0.5, 0.6) is 0 Å². The predicted molar refractivity (Wildman–Crippen MR) is 93.5 cm³/mol. The maximum absolute atomic E-state index is 12.5. The molecular formula is C18H31N3O3. The van der Waals surface area contributed by atoms with Gasteiger partial charge in [-0.3, -0.25) is 9.59 Å². The van der Waals surface area contributed by atoms with Crippen LogP contribution >= 0.6 is 0 Å². The van der Waals surface area contributed by atoms with Crippen molar-refractivity contribution in [2.75, 3.05) is 13.1 Å². The molecule has 0 saturated heterocycles. The summed E-state index contributed by atoms with van der Waals surface area (Å²) in [4.78, 5) is 30.1. The van der Waals surface area contributed by atoms with Gasteiger partial charge in [0.25, 0.3) is 5.91 Å². The Bertz CT molecular complexity index is 546. The van der Waals surface area contributed by atoms with Crippen molar-refractivity contribution in [1.82, 2.24) is 15.2 Å². The van der Waals surface area contributed by atoms with Crippen LogP contribution in [0, 0.1) is 11.3 Å². The van der Waals surface area contributed by atoms with Crippen LogP contribution in [-0.4, -0.2) is 34.8 Å². The van der Waals surface area contributed by atoms with Gasteiger partial charge >= 0.3 is 0 Å². The number of carbonyl (C=O) groups excluding carboxylic acids is 2. The monoisotopic (exact) mass is 337 g/mol. The van der Waals surface area contributed by atoms with Crippen LogP contribution in [0.1, 0.15) is 70.8 Å². The van der Waals surface area contributed by atoms with E-state index >= 15 is 0 Å². The van der Waals surface area contributed by atoms with Gasteiger partial charge in [-0.25, -0.2) is 4.98 Å². The van der Waals surface area contributed by atoms with Crippen LogP contribution in [0.15, 0.2) is 10.7 Å². The second-order valence-corrected chi connectivity index (χ2v) is 7.47. The molecule has 1 heterocycles. The van der Waals surface area contributed by atoms with Gasteiger partial charge in [0.2, 0.25) is 11.8 Å². The molecule has 2 amide bonds. The molecule has 1 aromatic heterocycles. The van der Waals surface area contributed by atoms with Crippen LogP contribution in [0.3, 0.4) is 0 Å². The van der Waals surface area contributed by atoms with Crippen molar-refractivity contribution >= 4 is 11.8 Å². The Kier molecular flexibility index (Phi) is 7.45. The van der Waals surface area contributed by atoms with Crippen molar-refractivity contribution in [3.63, 3.8) is 0 Å². The van der Waals surface area contributed by atoms with Crippen LogP contribution < -0.4 is 5.32 Å². The van der Waals surface area contributed by atoms with E-state index in [2.05, 4.69) is 38.0 Å². The molecule has 0 aromatic carbocycles. The van der Waals surface area contributed by atoms with Crippen LogP contribution in [0.2, 0.25) is 0 Å². The van der Waals surface area contributed by atoms with E-state index in [9.17, 15) is 9.59 Å². The second-order valence-electron chi connectivity index (χ2n) is 7.47. The minimum absolute atomic E-state index is 0.0898. The first-order chi connectivity index (χ1) is 11.2. The quantitative estimate of drug-likeness (QED) is 0.790. The summed E-state index contributed by atoms with van der Waals surface area (Å²) in [6, 6.07) is 0. The number of hydrogen-bond acceptors (Lipinski definition) is 4. The largest absolute Gasteiger partial charge is 0.446 e. The highest BCUT2D eigenvalue weighted by molar-refractivity contribution is 5.91. The summed E-state index contributed by atoms with van der Waals surface area (Å²) in [5.74, 6) is 0.532. The topological polar surface area (TPSA) is 75.4 Å². The van der Waals surface area contributed by atoms with Gasteiger partial charge in [0.05, 0.1) is 6.54 Å². The van der Waals surface area contributed by atoms with Crippen molar-refractivity contribution in [3.8, 4) is 0 Å². The van der Waals surface area contributed by atoms with Crippen LogP contribution in [0.4, 0.5) is 0 Å². The third-order valence-corrected chi connectivity index (χ3v) is 3.67. The maximum atomic E-state index is 12.5. The molecule has 0 bridgehead atoms. The van der Waals surface area contributed by atoms with Crippen molar-refractivity contribution < 1.29 is 14.0 Å². The third kappa shape index (κ3) is 6.72. The lowest BCUT2D eigenvalue weighted by Gasteiger charge is -2.25. The molecule has 6 nitrogen and oxygen atoms in total. The Morgan fingerprint density at radius 3 is 2.54 bits per heavy atom. The van der Waals surface area contributed by atoms with Gasteiger partial charge in [0.1, 0.15) is 6.26 Å². The normalized spacial score (nSPS) is 12.8. The SMILES string of the molecule is CCNC(=O)c1coc(CN(CC)C(=O)C[C@H](C)CC(C)(C)C)n1. The molecule has 1 aromatic rings. The Balaban J connectivity index is 2.63. The Hall–Kier alpha value is -1.85. The van der Waals surface area contributed by atoms with E-state index in [-0.39, 0.29) is 29.5 Å². The molecule has 0 unspecified atom stereocenters. The van der Waals surface area contributed by atoms with Crippen molar-refractivity contribution in [3.05, 3.63) is 17.8 Å². The number of carbonyl (C=O) groups is 2. The van der Waals surface area contributed by atoms with Crippen molar-refractivity contribution in [1.29, 1.82) is 0 Å². The average Bonchev–Trinajstić information content (AvgIpc) is 2.91. The molecule has 0 spiro atoms.